The average molecular weight is 380 g/mol. The lowest BCUT2D eigenvalue weighted by atomic mass is 10.2. The molecule has 0 aliphatic carbocycles. The minimum absolute atomic E-state index is 0.0394. The molecule has 0 fully saturated rings. The van der Waals surface area contributed by atoms with Crippen LogP contribution >= 0.6 is 11.6 Å². The zero-order valence-corrected chi connectivity index (χ0v) is 14.7. The van der Waals surface area contributed by atoms with Crippen LogP contribution in [0.15, 0.2) is 82.0 Å². The van der Waals surface area contributed by atoms with Gasteiger partial charge in [0.25, 0.3) is 0 Å². The molecular weight excluding hydrogens is 366 g/mol. The summed E-state index contributed by atoms with van der Waals surface area (Å²) < 4.78 is 0. The van der Waals surface area contributed by atoms with E-state index in [-0.39, 0.29) is 17.0 Å². The molecule has 2 N–H and O–H groups in total. The first kappa shape index (κ1) is 18.3. The van der Waals surface area contributed by atoms with E-state index in [1.165, 1.54) is 18.3 Å². The Bertz CT molecular complexity index is 1030. The third kappa shape index (κ3) is 4.77. The Morgan fingerprint density at radius 3 is 2.37 bits per heavy atom. The Kier molecular flexibility index (Phi) is 5.58. The molecule has 3 aromatic carbocycles. The first-order valence-electron chi connectivity index (χ1n) is 7.89. The zero-order chi connectivity index (χ0) is 19.2. The van der Waals surface area contributed by atoms with Crippen LogP contribution in [-0.2, 0) is 0 Å². The van der Waals surface area contributed by atoms with Gasteiger partial charge in [0.05, 0.1) is 16.9 Å². The summed E-state index contributed by atoms with van der Waals surface area (Å²) in [6.45, 7) is 0. The van der Waals surface area contributed by atoms with E-state index in [0.717, 1.165) is 0 Å². The van der Waals surface area contributed by atoms with E-state index in [9.17, 15) is 15.0 Å². The summed E-state index contributed by atoms with van der Waals surface area (Å²) in [5, 5.41) is 27.8. The molecule has 0 radical (unpaired) electrons. The van der Waals surface area contributed by atoms with Gasteiger partial charge in [-0.2, -0.15) is 5.11 Å². The summed E-state index contributed by atoms with van der Waals surface area (Å²) in [7, 11) is 0. The third-order valence-electron chi connectivity index (χ3n) is 3.60. The maximum atomic E-state index is 11.2. The fourth-order valence-electron chi connectivity index (χ4n) is 2.23. The molecule has 0 bridgehead atoms. The highest BCUT2D eigenvalue weighted by Crippen LogP contribution is 2.26. The Hall–Kier alpha value is -3.51. The number of carbonyl (C=O) groups is 1. The van der Waals surface area contributed by atoms with Crippen molar-refractivity contribution in [2.24, 2.45) is 15.2 Å². The summed E-state index contributed by atoms with van der Waals surface area (Å²) >= 11 is 5.84. The first-order valence-corrected chi connectivity index (χ1v) is 8.27. The summed E-state index contributed by atoms with van der Waals surface area (Å²) in [6, 6.07) is 17.9. The van der Waals surface area contributed by atoms with Gasteiger partial charge >= 0.3 is 5.97 Å². The standard InChI is InChI=1S/C20H14ClN3O3/c21-14-5-7-15(8-6-14)22-12-13-11-16(9-10-19(13)25)23-24-18-4-2-1-3-17(18)20(26)27/h1-12,25H,(H,26,27). The zero-order valence-electron chi connectivity index (χ0n) is 14.0. The monoisotopic (exact) mass is 379 g/mol. The van der Waals surface area contributed by atoms with Crippen LogP contribution in [-0.4, -0.2) is 22.4 Å². The molecule has 27 heavy (non-hydrogen) atoms. The van der Waals surface area contributed by atoms with Crippen LogP contribution in [0.5, 0.6) is 5.75 Å². The molecule has 7 heteroatoms. The highest BCUT2D eigenvalue weighted by molar-refractivity contribution is 6.30. The van der Waals surface area contributed by atoms with Gasteiger partial charge in [-0.05, 0) is 54.6 Å². The average Bonchev–Trinajstić information content (AvgIpc) is 2.67. The molecule has 0 aliphatic heterocycles. The van der Waals surface area contributed by atoms with Crippen molar-refractivity contribution in [3.63, 3.8) is 0 Å². The second-order valence-electron chi connectivity index (χ2n) is 5.50. The van der Waals surface area contributed by atoms with Crippen molar-refractivity contribution < 1.29 is 15.0 Å². The number of nitrogens with zero attached hydrogens (tertiary/aromatic N) is 3. The number of hydrogen-bond acceptors (Lipinski definition) is 5. The summed E-state index contributed by atoms with van der Waals surface area (Å²) in [5.74, 6) is -1.04. The molecule has 0 atom stereocenters. The quantitative estimate of drug-likeness (QED) is 0.426. The summed E-state index contributed by atoms with van der Waals surface area (Å²) in [4.78, 5) is 15.5. The molecule has 0 saturated carbocycles. The number of aromatic hydroxyl groups is 1. The molecule has 0 saturated heterocycles. The highest BCUT2D eigenvalue weighted by atomic mass is 35.5. The number of halogens is 1. The van der Waals surface area contributed by atoms with Crippen LogP contribution in [0.3, 0.4) is 0 Å². The molecule has 0 unspecified atom stereocenters. The molecule has 6 nitrogen and oxygen atoms in total. The maximum absolute atomic E-state index is 11.2. The van der Waals surface area contributed by atoms with Crippen molar-refractivity contribution in [2.75, 3.05) is 0 Å². The first-order chi connectivity index (χ1) is 13.0. The Morgan fingerprint density at radius 2 is 1.63 bits per heavy atom. The van der Waals surface area contributed by atoms with Gasteiger partial charge in [0.1, 0.15) is 11.4 Å². The molecule has 0 aromatic heterocycles. The van der Waals surface area contributed by atoms with Gasteiger partial charge in [-0.15, -0.1) is 5.11 Å². The van der Waals surface area contributed by atoms with Gasteiger partial charge in [-0.1, -0.05) is 23.7 Å². The molecule has 0 amide bonds. The lowest BCUT2D eigenvalue weighted by Crippen LogP contribution is -1.95. The minimum atomic E-state index is -1.08. The molecule has 0 heterocycles. The number of benzene rings is 3. The molecule has 3 aromatic rings. The van der Waals surface area contributed by atoms with E-state index in [1.54, 1.807) is 54.6 Å². The number of rotatable bonds is 5. The van der Waals surface area contributed by atoms with Crippen molar-refractivity contribution in [3.8, 4) is 5.75 Å². The number of aliphatic imine (C=N–C) groups is 1. The SMILES string of the molecule is O=C(O)c1ccccc1N=Nc1ccc(O)c(C=Nc2ccc(Cl)cc2)c1. The van der Waals surface area contributed by atoms with E-state index >= 15 is 0 Å². The van der Waals surface area contributed by atoms with Crippen LogP contribution in [0.2, 0.25) is 5.02 Å². The van der Waals surface area contributed by atoms with Gasteiger partial charge in [0.2, 0.25) is 0 Å². The van der Waals surface area contributed by atoms with E-state index in [2.05, 4.69) is 15.2 Å². The van der Waals surface area contributed by atoms with Crippen LogP contribution in [0.25, 0.3) is 0 Å². The normalized spacial score (nSPS) is 11.3. The highest BCUT2D eigenvalue weighted by Gasteiger charge is 2.08. The predicted molar refractivity (Wildman–Crippen MR) is 104 cm³/mol. The van der Waals surface area contributed by atoms with Crippen molar-refractivity contribution in [3.05, 3.63) is 82.9 Å². The fourth-order valence-corrected chi connectivity index (χ4v) is 2.36. The van der Waals surface area contributed by atoms with Crippen molar-refractivity contribution >= 4 is 40.8 Å². The van der Waals surface area contributed by atoms with Crippen LogP contribution in [0.1, 0.15) is 15.9 Å². The van der Waals surface area contributed by atoms with E-state index in [1.807, 2.05) is 0 Å². The lowest BCUT2D eigenvalue weighted by Gasteiger charge is -2.01. The maximum Gasteiger partial charge on any atom is 0.337 e. The number of hydrogen-bond donors (Lipinski definition) is 2. The topological polar surface area (TPSA) is 94.6 Å². The number of aromatic carboxylic acids is 1. The molecule has 3 rings (SSSR count). The molecule has 0 aliphatic rings. The van der Waals surface area contributed by atoms with Crippen LogP contribution in [0, 0.1) is 0 Å². The number of phenolic OH excluding ortho intramolecular Hbond substituents is 1. The van der Waals surface area contributed by atoms with E-state index < -0.39 is 5.97 Å². The number of phenols is 1. The number of azo groups is 1. The molecule has 134 valence electrons. The van der Waals surface area contributed by atoms with Crippen molar-refractivity contribution in [2.45, 2.75) is 0 Å². The number of carboxylic acid groups (broad SMARTS) is 1. The fraction of sp³-hybridized carbons (Fsp3) is 0. The smallest absolute Gasteiger partial charge is 0.337 e. The van der Waals surface area contributed by atoms with Crippen LogP contribution in [0.4, 0.5) is 17.1 Å². The predicted octanol–water partition coefficient (Wildman–Crippen LogP) is 5.91. The molecule has 0 spiro atoms. The van der Waals surface area contributed by atoms with Gasteiger partial charge in [0.15, 0.2) is 0 Å². The van der Waals surface area contributed by atoms with E-state index in [0.29, 0.717) is 22.0 Å². The Balaban J connectivity index is 1.85. The van der Waals surface area contributed by atoms with Gasteiger partial charge in [-0.3, -0.25) is 4.99 Å². The van der Waals surface area contributed by atoms with Crippen molar-refractivity contribution in [1.82, 2.24) is 0 Å². The Morgan fingerprint density at radius 1 is 0.926 bits per heavy atom. The van der Waals surface area contributed by atoms with Gasteiger partial charge < -0.3 is 10.2 Å². The second kappa shape index (κ2) is 8.25. The Labute approximate surface area is 160 Å². The summed E-state index contributed by atoms with van der Waals surface area (Å²) in [6.07, 6.45) is 1.50. The largest absolute Gasteiger partial charge is 0.507 e. The lowest BCUT2D eigenvalue weighted by molar-refractivity contribution is 0.0697. The van der Waals surface area contributed by atoms with E-state index in [4.69, 9.17) is 11.6 Å². The second-order valence-corrected chi connectivity index (χ2v) is 5.94. The third-order valence-corrected chi connectivity index (χ3v) is 3.85. The van der Waals surface area contributed by atoms with Crippen LogP contribution < -0.4 is 0 Å². The minimum Gasteiger partial charge on any atom is -0.507 e. The number of carboxylic acids is 1. The van der Waals surface area contributed by atoms with Gasteiger partial charge in [0, 0.05) is 16.8 Å². The van der Waals surface area contributed by atoms with Gasteiger partial charge in [-0.25, -0.2) is 4.79 Å². The van der Waals surface area contributed by atoms with Crippen molar-refractivity contribution in [1.29, 1.82) is 0 Å². The molecular formula is C20H14ClN3O3. The summed E-state index contributed by atoms with van der Waals surface area (Å²) in [5.41, 5.74) is 1.89.